The van der Waals surface area contributed by atoms with Gasteiger partial charge in [0.15, 0.2) is 28.7 Å². The SMILES string of the molecule is Nc1ncnc2nc[nH]c12.O=c1c(O)c(-c2ccc(O)c(O)c2)oc2cc(O)ccc12. The van der Waals surface area contributed by atoms with E-state index in [1.807, 2.05) is 0 Å². The zero-order chi connectivity index (χ0) is 22.1. The van der Waals surface area contributed by atoms with Gasteiger partial charge in [0.1, 0.15) is 23.2 Å². The molecule has 0 atom stereocenters. The van der Waals surface area contributed by atoms with Gasteiger partial charge in [0.25, 0.3) is 0 Å². The van der Waals surface area contributed by atoms with Crippen LogP contribution in [-0.4, -0.2) is 40.4 Å². The van der Waals surface area contributed by atoms with Gasteiger partial charge in [0.2, 0.25) is 11.2 Å². The van der Waals surface area contributed by atoms with Crippen LogP contribution in [0.4, 0.5) is 5.82 Å². The van der Waals surface area contributed by atoms with Gasteiger partial charge in [-0.05, 0) is 30.3 Å². The number of rotatable bonds is 1. The van der Waals surface area contributed by atoms with E-state index in [2.05, 4.69) is 19.9 Å². The number of imidazole rings is 1. The van der Waals surface area contributed by atoms with Crippen LogP contribution in [-0.2, 0) is 0 Å². The number of hydrogen-bond donors (Lipinski definition) is 6. The Bertz CT molecular complexity index is 1480. The molecule has 2 aromatic carbocycles. The summed E-state index contributed by atoms with van der Waals surface area (Å²) in [6, 6.07) is 7.64. The Morgan fingerprint density at radius 3 is 2.48 bits per heavy atom. The van der Waals surface area contributed by atoms with Crippen molar-refractivity contribution in [3.8, 4) is 34.3 Å². The summed E-state index contributed by atoms with van der Waals surface area (Å²) in [7, 11) is 0. The Kier molecular flexibility index (Phi) is 4.76. The van der Waals surface area contributed by atoms with Crippen LogP contribution in [0.2, 0.25) is 0 Å². The van der Waals surface area contributed by atoms with E-state index >= 15 is 0 Å². The highest BCUT2D eigenvalue weighted by molar-refractivity contribution is 5.83. The zero-order valence-corrected chi connectivity index (χ0v) is 15.6. The van der Waals surface area contributed by atoms with Crippen LogP contribution < -0.4 is 11.2 Å². The van der Waals surface area contributed by atoms with Crippen LogP contribution >= 0.6 is 0 Å². The number of nitrogens with two attached hydrogens (primary N) is 1. The number of nitrogen functional groups attached to an aromatic ring is 1. The number of aromatic amines is 1. The highest BCUT2D eigenvalue weighted by Crippen LogP contribution is 2.35. The van der Waals surface area contributed by atoms with Crippen molar-refractivity contribution in [3.63, 3.8) is 0 Å². The van der Waals surface area contributed by atoms with E-state index < -0.39 is 16.9 Å². The minimum atomic E-state index is -0.654. The predicted octanol–water partition coefficient (Wildman–Crippen LogP) is 2.22. The van der Waals surface area contributed by atoms with Crippen molar-refractivity contribution in [1.82, 2.24) is 19.9 Å². The first-order chi connectivity index (χ1) is 14.8. The van der Waals surface area contributed by atoms with Crippen LogP contribution in [0, 0.1) is 0 Å². The van der Waals surface area contributed by atoms with Crippen molar-refractivity contribution < 1.29 is 24.8 Å². The summed E-state index contributed by atoms with van der Waals surface area (Å²) >= 11 is 0. The van der Waals surface area contributed by atoms with Crippen LogP contribution in [0.5, 0.6) is 23.0 Å². The molecule has 5 aromatic rings. The molecule has 0 amide bonds. The normalized spacial score (nSPS) is 10.7. The minimum absolute atomic E-state index is 0.0872. The molecule has 31 heavy (non-hydrogen) atoms. The molecule has 7 N–H and O–H groups in total. The average molecular weight is 421 g/mol. The first-order valence-corrected chi connectivity index (χ1v) is 8.76. The predicted molar refractivity (Wildman–Crippen MR) is 111 cm³/mol. The Labute approximate surface area is 172 Å². The lowest BCUT2D eigenvalue weighted by Crippen LogP contribution is -2.02. The number of phenols is 3. The molecule has 3 heterocycles. The smallest absolute Gasteiger partial charge is 0.235 e. The molecule has 3 aromatic heterocycles. The molecular formula is C20H15N5O6. The van der Waals surface area contributed by atoms with Gasteiger partial charge in [0.05, 0.1) is 11.7 Å². The van der Waals surface area contributed by atoms with Gasteiger partial charge in [-0.1, -0.05) is 0 Å². The van der Waals surface area contributed by atoms with E-state index in [-0.39, 0.29) is 33.8 Å². The monoisotopic (exact) mass is 421 g/mol. The molecule has 11 heteroatoms. The zero-order valence-electron chi connectivity index (χ0n) is 15.6. The third kappa shape index (κ3) is 3.62. The maximum absolute atomic E-state index is 12.1. The maximum atomic E-state index is 12.1. The largest absolute Gasteiger partial charge is 0.508 e. The van der Waals surface area contributed by atoms with E-state index in [0.717, 1.165) is 6.07 Å². The standard InChI is InChI=1S/C15H10O6.C5H5N5/c16-8-2-3-9-12(6-8)21-15(14(20)13(9)19)7-1-4-10(17)11(18)5-7;6-4-3-5(9-1-7-3)10-2-8-4/h1-6,16-18,20H;1-2H,(H3,6,7,8,9,10). The first-order valence-electron chi connectivity index (χ1n) is 8.76. The molecule has 5 rings (SSSR count). The van der Waals surface area contributed by atoms with Gasteiger partial charge in [-0.25, -0.2) is 15.0 Å². The van der Waals surface area contributed by atoms with Crippen molar-refractivity contribution in [2.45, 2.75) is 0 Å². The Hall–Kier alpha value is -4.80. The molecule has 0 aliphatic rings. The molecule has 11 nitrogen and oxygen atoms in total. The molecule has 0 saturated heterocycles. The number of benzene rings is 2. The number of anilines is 1. The van der Waals surface area contributed by atoms with Crippen molar-refractivity contribution in [3.05, 3.63) is 59.3 Å². The quantitative estimate of drug-likeness (QED) is 0.219. The summed E-state index contributed by atoms with van der Waals surface area (Å²) in [6.07, 6.45) is 2.92. The first kappa shape index (κ1) is 19.5. The van der Waals surface area contributed by atoms with E-state index in [9.17, 15) is 25.2 Å². The van der Waals surface area contributed by atoms with E-state index in [1.54, 1.807) is 0 Å². The number of aromatic hydroxyl groups is 4. The highest BCUT2D eigenvalue weighted by atomic mass is 16.4. The van der Waals surface area contributed by atoms with Crippen molar-refractivity contribution >= 4 is 28.0 Å². The number of fused-ring (bicyclic) bond motifs is 2. The fraction of sp³-hybridized carbons (Fsp3) is 0. The van der Waals surface area contributed by atoms with Crippen LogP contribution in [0.15, 0.2) is 58.3 Å². The van der Waals surface area contributed by atoms with Crippen LogP contribution in [0.3, 0.4) is 0 Å². The number of phenolic OH excluding ortho intramolecular Hbond substituents is 3. The number of hydrogen-bond acceptors (Lipinski definition) is 10. The number of aromatic nitrogens is 4. The second-order valence-corrected chi connectivity index (χ2v) is 6.35. The lowest BCUT2D eigenvalue weighted by Gasteiger charge is -2.07. The van der Waals surface area contributed by atoms with Crippen molar-refractivity contribution in [2.24, 2.45) is 0 Å². The molecule has 0 aliphatic carbocycles. The third-order valence-electron chi connectivity index (χ3n) is 4.34. The summed E-state index contributed by atoms with van der Waals surface area (Å²) in [5.41, 5.74) is 6.44. The lowest BCUT2D eigenvalue weighted by molar-refractivity contribution is 0.403. The molecule has 0 aliphatic heterocycles. The van der Waals surface area contributed by atoms with Gasteiger partial charge >= 0.3 is 0 Å². The Morgan fingerprint density at radius 1 is 0.935 bits per heavy atom. The second kappa shape index (κ2) is 7.55. The summed E-state index contributed by atoms with van der Waals surface area (Å²) in [4.78, 5) is 26.4. The van der Waals surface area contributed by atoms with Gasteiger partial charge in [-0.2, -0.15) is 0 Å². The number of nitrogens with zero attached hydrogens (tertiary/aromatic N) is 3. The average Bonchev–Trinajstić information content (AvgIpc) is 3.23. The van der Waals surface area contributed by atoms with Crippen LogP contribution in [0.25, 0.3) is 33.5 Å². The summed E-state index contributed by atoms with van der Waals surface area (Å²) in [5.74, 6) is -1.17. The molecule has 0 saturated carbocycles. The van der Waals surface area contributed by atoms with Crippen LogP contribution in [0.1, 0.15) is 0 Å². The summed E-state index contributed by atoms with van der Waals surface area (Å²) in [5, 5.41) is 38.3. The molecular weight excluding hydrogens is 406 g/mol. The van der Waals surface area contributed by atoms with Gasteiger partial charge in [-0.15, -0.1) is 0 Å². The van der Waals surface area contributed by atoms with E-state index in [0.29, 0.717) is 17.0 Å². The maximum Gasteiger partial charge on any atom is 0.235 e. The Balaban J connectivity index is 0.000000192. The molecule has 0 unspecified atom stereocenters. The summed E-state index contributed by atoms with van der Waals surface area (Å²) in [6.45, 7) is 0. The van der Waals surface area contributed by atoms with Gasteiger partial charge in [0, 0.05) is 11.6 Å². The molecule has 0 radical (unpaired) electrons. The minimum Gasteiger partial charge on any atom is -0.508 e. The lowest BCUT2D eigenvalue weighted by atomic mass is 10.1. The highest BCUT2D eigenvalue weighted by Gasteiger charge is 2.16. The van der Waals surface area contributed by atoms with Crippen molar-refractivity contribution in [1.29, 1.82) is 0 Å². The van der Waals surface area contributed by atoms with Gasteiger partial charge in [-0.3, -0.25) is 4.79 Å². The molecule has 0 spiro atoms. The van der Waals surface area contributed by atoms with E-state index in [1.165, 1.54) is 43.0 Å². The molecule has 156 valence electrons. The third-order valence-corrected chi connectivity index (χ3v) is 4.34. The number of nitrogens with one attached hydrogen (secondary N) is 1. The van der Waals surface area contributed by atoms with Gasteiger partial charge < -0.3 is 35.6 Å². The van der Waals surface area contributed by atoms with E-state index in [4.69, 9.17) is 10.2 Å². The second-order valence-electron chi connectivity index (χ2n) is 6.35. The topological polar surface area (TPSA) is 192 Å². The molecule has 0 fully saturated rings. The molecule has 0 bridgehead atoms. The fourth-order valence-electron chi connectivity index (χ4n) is 2.82. The Morgan fingerprint density at radius 2 is 1.74 bits per heavy atom. The fourth-order valence-corrected chi connectivity index (χ4v) is 2.82. The number of H-pyrrole nitrogens is 1. The summed E-state index contributed by atoms with van der Waals surface area (Å²) < 4.78 is 5.43. The van der Waals surface area contributed by atoms with Crippen molar-refractivity contribution in [2.75, 3.05) is 5.73 Å².